The van der Waals surface area contributed by atoms with Crippen LogP contribution in [0.3, 0.4) is 0 Å². The molecule has 0 aliphatic rings. The lowest BCUT2D eigenvalue weighted by atomic mass is 10.1. The van der Waals surface area contributed by atoms with E-state index in [2.05, 4.69) is 24.1 Å². The average molecular weight is 378 g/mol. The molecule has 4 nitrogen and oxygen atoms in total. The molecular weight excluding hydrogens is 336 g/mol. The van der Waals surface area contributed by atoms with Crippen LogP contribution in [0.2, 0.25) is 0 Å². The van der Waals surface area contributed by atoms with Crippen LogP contribution in [0.4, 0.5) is 0 Å². The largest absolute Gasteiger partial charge is 0.392 e. The van der Waals surface area contributed by atoms with Gasteiger partial charge in [-0.05, 0) is 32.1 Å². The Kier molecular flexibility index (Phi) is 14.6. The molecule has 0 aromatic carbocycles. The van der Waals surface area contributed by atoms with Gasteiger partial charge >= 0.3 is 5.82 Å². The maximum atomic E-state index is 12.2. The number of carbonyl (C=O) groups excluding carboxylic acids is 1. The van der Waals surface area contributed by atoms with Crippen molar-refractivity contribution in [2.45, 2.75) is 103 Å². The fourth-order valence-corrected chi connectivity index (χ4v) is 3.37. The van der Waals surface area contributed by atoms with Crippen LogP contribution in [-0.2, 0) is 6.54 Å². The predicted molar refractivity (Wildman–Crippen MR) is 112 cm³/mol. The molecule has 1 heterocycles. The van der Waals surface area contributed by atoms with E-state index in [1.54, 1.807) is 10.8 Å². The number of nitrogens with zero attached hydrogens (tertiary/aromatic N) is 1. The first-order chi connectivity index (χ1) is 13.3. The lowest BCUT2D eigenvalue weighted by Crippen LogP contribution is -2.39. The number of carbonyl (C=O) groups is 1. The molecule has 0 fully saturated rings. The zero-order chi connectivity index (χ0) is 19.6. The molecular formula is C23H41N2O2+. The van der Waals surface area contributed by atoms with Gasteiger partial charge in [-0.15, -0.1) is 0 Å². The summed E-state index contributed by atoms with van der Waals surface area (Å²) >= 11 is 0. The van der Waals surface area contributed by atoms with E-state index in [4.69, 9.17) is 5.11 Å². The maximum Gasteiger partial charge on any atom is 0.323 e. The number of imidazole rings is 1. The highest BCUT2D eigenvalue weighted by Crippen LogP contribution is 2.10. The van der Waals surface area contributed by atoms with Crippen molar-refractivity contribution in [1.29, 1.82) is 0 Å². The van der Waals surface area contributed by atoms with E-state index < -0.39 is 0 Å². The number of ketones is 1. The number of aliphatic hydroxyl groups excluding tert-OH is 1. The van der Waals surface area contributed by atoms with Crippen LogP contribution in [-0.4, -0.2) is 22.5 Å². The van der Waals surface area contributed by atoms with Crippen molar-refractivity contribution in [2.24, 2.45) is 0 Å². The molecule has 0 unspecified atom stereocenters. The summed E-state index contributed by atoms with van der Waals surface area (Å²) in [6.45, 7) is 2.79. The number of allylic oxidation sites excluding steroid dienone is 2. The topological polar surface area (TPSA) is 57.0 Å². The highest BCUT2D eigenvalue weighted by Gasteiger charge is 2.18. The summed E-state index contributed by atoms with van der Waals surface area (Å²) in [6.07, 6.45) is 25.3. The number of rotatable bonds is 18. The Hall–Kier alpha value is -1.42. The molecule has 0 amide bonds. The summed E-state index contributed by atoms with van der Waals surface area (Å²) in [4.78, 5) is 15.2. The van der Waals surface area contributed by atoms with E-state index in [1.807, 2.05) is 6.20 Å². The monoisotopic (exact) mass is 377 g/mol. The number of aliphatic hydroxyl groups is 1. The van der Waals surface area contributed by atoms with Gasteiger partial charge in [0.25, 0.3) is 0 Å². The number of nitrogens with one attached hydrogen (secondary N) is 1. The minimum atomic E-state index is 0.0518. The lowest BCUT2D eigenvalue weighted by molar-refractivity contribution is -0.698. The minimum Gasteiger partial charge on any atom is -0.392 e. The molecule has 1 rings (SSSR count). The first-order valence-electron chi connectivity index (χ1n) is 11.2. The van der Waals surface area contributed by atoms with Gasteiger partial charge in [0.05, 0.1) is 6.61 Å². The van der Waals surface area contributed by atoms with Gasteiger partial charge in [-0.2, -0.15) is 0 Å². The second kappa shape index (κ2) is 16.7. The zero-order valence-electron chi connectivity index (χ0n) is 17.4. The minimum absolute atomic E-state index is 0.0518. The zero-order valence-corrected chi connectivity index (χ0v) is 17.4. The van der Waals surface area contributed by atoms with Crippen molar-refractivity contribution >= 4 is 5.78 Å². The van der Waals surface area contributed by atoms with Gasteiger partial charge in [0.15, 0.2) is 0 Å². The molecule has 154 valence electrons. The summed E-state index contributed by atoms with van der Waals surface area (Å²) in [7, 11) is 0. The number of unbranched alkanes of at least 4 members (excludes halogenated alkanes) is 11. The van der Waals surface area contributed by atoms with E-state index in [-0.39, 0.29) is 12.4 Å². The van der Waals surface area contributed by atoms with Crippen molar-refractivity contribution < 1.29 is 14.5 Å². The molecule has 4 heteroatoms. The molecule has 0 atom stereocenters. The second-order valence-electron chi connectivity index (χ2n) is 7.48. The van der Waals surface area contributed by atoms with E-state index in [9.17, 15) is 4.79 Å². The Balaban J connectivity index is 1.92. The quantitative estimate of drug-likeness (QED) is 0.153. The predicted octanol–water partition coefficient (Wildman–Crippen LogP) is 5.51. The smallest absolute Gasteiger partial charge is 0.323 e. The summed E-state index contributed by atoms with van der Waals surface area (Å²) in [5.41, 5.74) is 0. The standard InChI is InChI=1S/C23H40N2O2/c1-2-3-4-5-6-7-8-9-10-11-12-13-14-15-16-17-22(27)23-24-18-19-25(23)20-21-26/h9-10,18-19,26H,2-8,11-17,20-21H2,1H3/p+1/b10-9-. The molecule has 0 bridgehead atoms. The Morgan fingerprint density at radius 1 is 0.963 bits per heavy atom. The van der Waals surface area contributed by atoms with E-state index in [0.29, 0.717) is 18.8 Å². The highest BCUT2D eigenvalue weighted by atomic mass is 16.3. The normalized spacial score (nSPS) is 11.5. The number of H-pyrrole nitrogens is 1. The van der Waals surface area contributed by atoms with Crippen molar-refractivity contribution in [2.75, 3.05) is 6.61 Å². The maximum absolute atomic E-state index is 12.2. The highest BCUT2D eigenvalue weighted by molar-refractivity contribution is 5.91. The number of hydrogen-bond donors (Lipinski definition) is 2. The van der Waals surface area contributed by atoms with Gasteiger partial charge in [-0.1, -0.05) is 70.4 Å². The third-order valence-electron chi connectivity index (χ3n) is 5.03. The van der Waals surface area contributed by atoms with Crippen molar-refractivity contribution in [3.05, 3.63) is 30.4 Å². The van der Waals surface area contributed by atoms with Gasteiger partial charge in [0, 0.05) is 6.42 Å². The van der Waals surface area contributed by atoms with Gasteiger partial charge in [0.2, 0.25) is 5.78 Å². The molecule has 2 N–H and O–H groups in total. The lowest BCUT2D eigenvalue weighted by Gasteiger charge is -2.01. The third-order valence-corrected chi connectivity index (χ3v) is 5.03. The average Bonchev–Trinajstić information content (AvgIpc) is 3.13. The summed E-state index contributed by atoms with van der Waals surface area (Å²) in [5.74, 6) is 0.755. The molecule has 0 aliphatic heterocycles. The van der Waals surface area contributed by atoms with Crippen LogP contribution in [0.5, 0.6) is 0 Å². The Labute approximate surface area is 166 Å². The van der Waals surface area contributed by atoms with Gasteiger partial charge < -0.3 is 5.11 Å². The van der Waals surface area contributed by atoms with Crippen LogP contribution < -0.4 is 4.57 Å². The SMILES string of the molecule is CCCCCCCC/C=C\CCCCCCCC(=O)c1[nH]cc[n+]1CCO. The first-order valence-corrected chi connectivity index (χ1v) is 11.2. The van der Waals surface area contributed by atoms with Crippen LogP contribution >= 0.6 is 0 Å². The Morgan fingerprint density at radius 3 is 2.19 bits per heavy atom. The molecule has 0 aliphatic carbocycles. The van der Waals surface area contributed by atoms with Gasteiger partial charge in [-0.25, -0.2) is 9.55 Å². The molecule has 0 saturated heterocycles. The van der Waals surface area contributed by atoms with Crippen LogP contribution in [0, 0.1) is 0 Å². The molecule has 27 heavy (non-hydrogen) atoms. The second-order valence-corrected chi connectivity index (χ2v) is 7.48. The summed E-state index contributed by atoms with van der Waals surface area (Å²) in [6, 6.07) is 0. The molecule has 0 spiro atoms. The summed E-state index contributed by atoms with van der Waals surface area (Å²) < 4.78 is 1.79. The van der Waals surface area contributed by atoms with Crippen LogP contribution in [0.15, 0.2) is 24.5 Å². The number of hydrogen-bond acceptors (Lipinski definition) is 2. The van der Waals surface area contributed by atoms with Crippen molar-refractivity contribution in [3.63, 3.8) is 0 Å². The van der Waals surface area contributed by atoms with Crippen molar-refractivity contribution in [1.82, 2.24) is 4.98 Å². The van der Waals surface area contributed by atoms with Crippen LogP contribution in [0.25, 0.3) is 0 Å². The fraction of sp³-hybridized carbons (Fsp3) is 0.739. The molecule has 1 aromatic rings. The Morgan fingerprint density at radius 2 is 1.56 bits per heavy atom. The third kappa shape index (κ3) is 11.8. The fourth-order valence-electron chi connectivity index (χ4n) is 3.37. The van der Waals surface area contributed by atoms with Crippen molar-refractivity contribution in [3.8, 4) is 0 Å². The van der Waals surface area contributed by atoms with Gasteiger partial charge in [0.1, 0.15) is 18.9 Å². The summed E-state index contributed by atoms with van der Waals surface area (Å²) in [5, 5.41) is 9.01. The molecule has 0 radical (unpaired) electrons. The first kappa shape index (κ1) is 23.6. The molecule has 1 aromatic heterocycles. The van der Waals surface area contributed by atoms with E-state index >= 15 is 0 Å². The van der Waals surface area contributed by atoms with Crippen LogP contribution in [0.1, 0.15) is 107 Å². The number of Topliss-reactive ketones (excluding diaryl/α,β-unsaturated/α-hetero) is 1. The van der Waals surface area contributed by atoms with E-state index in [0.717, 1.165) is 12.8 Å². The number of aromatic nitrogens is 2. The van der Waals surface area contributed by atoms with Gasteiger partial charge in [-0.3, -0.25) is 4.79 Å². The Bertz CT molecular complexity index is 508. The van der Waals surface area contributed by atoms with E-state index in [1.165, 1.54) is 70.6 Å². The molecule has 0 saturated carbocycles. The number of aromatic amines is 1.